The quantitative estimate of drug-likeness (QED) is 0.926. The number of aliphatic hydroxyl groups excluding tert-OH is 1. The van der Waals surface area contributed by atoms with Crippen LogP contribution in [-0.2, 0) is 0 Å². The van der Waals surface area contributed by atoms with Crippen LogP contribution in [0.3, 0.4) is 0 Å². The number of alkyl halides is 3. The molecule has 0 bridgehead atoms. The van der Waals surface area contributed by atoms with E-state index in [-0.39, 0.29) is 31.8 Å². The summed E-state index contributed by atoms with van der Waals surface area (Å²) in [6, 6.07) is 7.12. The summed E-state index contributed by atoms with van der Waals surface area (Å²) >= 11 is 0. The minimum Gasteiger partial charge on any atom is -0.383 e. The number of carbonyl (C=O) groups excluding carboxylic acids is 1. The van der Waals surface area contributed by atoms with Crippen molar-refractivity contribution in [1.82, 2.24) is 4.90 Å². The second-order valence-electron chi connectivity index (χ2n) is 6.06. The number of halogens is 3. The maximum Gasteiger partial charge on any atom is 0.414 e. The van der Waals surface area contributed by atoms with Crippen molar-refractivity contribution in [3.05, 3.63) is 29.8 Å². The van der Waals surface area contributed by atoms with Gasteiger partial charge in [-0.05, 0) is 37.0 Å². The predicted molar refractivity (Wildman–Crippen MR) is 81.5 cm³/mol. The number of benzene rings is 1. The topological polar surface area (TPSA) is 43.8 Å². The third-order valence-electron chi connectivity index (χ3n) is 4.22. The summed E-state index contributed by atoms with van der Waals surface area (Å²) in [6.07, 6.45) is -6.60. The highest BCUT2D eigenvalue weighted by Gasteiger charge is 2.44. The molecule has 1 saturated heterocycles. The number of hydrogen-bond acceptors (Lipinski definition) is 3. The molecule has 23 heavy (non-hydrogen) atoms. The summed E-state index contributed by atoms with van der Waals surface area (Å²) < 4.78 is 37.6. The monoisotopic (exact) mass is 330 g/mol. The van der Waals surface area contributed by atoms with Gasteiger partial charge in [0, 0.05) is 38.4 Å². The van der Waals surface area contributed by atoms with Crippen molar-refractivity contribution in [1.29, 1.82) is 0 Å². The Labute approximate surface area is 133 Å². The molecule has 0 aromatic heterocycles. The van der Waals surface area contributed by atoms with Crippen molar-refractivity contribution in [2.24, 2.45) is 5.92 Å². The summed E-state index contributed by atoms with van der Waals surface area (Å²) in [6.45, 7) is 0.450. The van der Waals surface area contributed by atoms with Crippen LogP contribution in [0.25, 0.3) is 0 Å². The number of hydrogen-bond donors (Lipinski definition) is 1. The maximum absolute atomic E-state index is 12.5. The van der Waals surface area contributed by atoms with Gasteiger partial charge in [0.1, 0.15) is 0 Å². The molecule has 7 heteroatoms. The Kier molecular flexibility index (Phi) is 5.19. The largest absolute Gasteiger partial charge is 0.414 e. The first-order valence-electron chi connectivity index (χ1n) is 7.51. The number of nitrogens with zero attached hydrogens (tertiary/aromatic N) is 2. The molecular weight excluding hydrogens is 309 g/mol. The second kappa shape index (κ2) is 6.78. The zero-order valence-corrected chi connectivity index (χ0v) is 13.2. The van der Waals surface area contributed by atoms with Crippen LogP contribution in [0.5, 0.6) is 0 Å². The molecule has 0 radical (unpaired) electrons. The van der Waals surface area contributed by atoms with Crippen molar-refractivity contribution in [3.63, 3.8) is 0 Å². The van der Waals surface area contributed by atoms with E-state index in [2.05, 4.69) is 0 Å². The standard InChI is InChI=1S/C16H21F3N2O2/c1-20(2)13-5-3-4-12(10-13)15(23)21-8-6-11(7-9-21)14(22)16(17,18)19/h3-5,10-11,14,22H,6-9H2,1-2H3. The molecule has 4 nitrogen and oxygen atoms in total. The molecule has 1 aliphatic rings. The Morgan fingerprint density at radius 2 is 1.91 bits per heavy atom. The molecule has 0 saturated carbocycles. The highest BCUT2D eigenvalue weighted by Crippen LogP contribution is 2.32. The highest BCUT2D eigenvalue weighted by atomic mass is 19.4. The first-order valence-corrected chi connectivity index (χ1v) is 7.51. The first-order chi connectivity index (χ1) is 10.7. The Hall–Kier alpha value is -1.76. The molecule has 1 aromatic rings. The minimum absolute atomic E-state index is 0.153. The van der Waals surface area contributed by atoms with Gasteiger partial charge in [-0.3, -0.25) is 4.79 Å². The zero-order chi connectivity index (χ0) is 17.2. The van der Waals surface area contributed by atoms with Gasteiger partial charge < -0.3 is 14.9 Å². The van der Waals surface area contributed by atoms with Crippen LogP contribution >= 0.6 is 0 Å². The Balaban J connectivity index is 2.00. The number of amides is 1. The van der Waals surface area contributed by atoms with Gasteiger partial charge in [-0.1, -0.05) is 6.07 Å². The second-order valence-corrected chi connectivity index (χ2v) is 6.06. The highest BCUT2D eigenvalue weighted by molar-refractivity contribution is 5.95. The average molecular weight is 330 g/mol. The van der Waals surface area contributed by atoms with E-state index < -0.39 is 18.2 Å². The number of anilines is 1. The normalized spacial score (nSPS) is 17.9. The number of likely N-dealkylation sites (tertiary alicyclic amines) is 1. The lowest BCUT2D eigenvalue weighted by molar-refractivity contribution is -0.222. The van der Waals surface area contributed by atoms with Gasteiger partial charge in [-0.25, -0.2) is 0 Å². The maximum atomic E-state index is 12.5. The molecule has 2 rings (SSSR count). The number of rotatable bonds is 3. The molecule has 1 heterocycles. The van der Waals surface area contributed by atoms with Crippen LogP contribution < -0.4 is 4.90 Å². The molecule has 128 valence electrons. The molecule has 1 fully saturated rings. The molecule has 1 aliphatic heterocycles. The summed E-state index contributed by atoms with van der Waals surface area (Å²) in [5, 5.41) is 9.32. The van der Waals surface area contributed by atoms with Crippen LogP contribution in [0, 0.1) is 5.92 Å². The average Bonchev–Trinajstić information content (AvgIpc) is 2.53. The van der Waals surface area contributed by atoms with Crippen LogP contribution in [-0.4, -0.2) is 55.4 Å². The van der Waals surface area contributed by atoms with Crippen molar-refractivity contribution in [2.45, 2.75) is 25.1 Å². The molecule has 1 atom stereocenters. The van der Waals surface area contributed by atoms with E-state index in [0.29, 0.717) is 5.56 Å². The lowest BCUT2D eigenvalue weighted by Gasteiger charge is -2.34. The summed E-state index contributed by atoms with van der Waals surface area (Å²) in [5.41, 5.74) is 1.41. The lowest BCUT2D eigenvalue weighted by Crippen LogP contribution is -2.45. The third-order valence-corrected chi connectivity index (χ3v) is 4.22. The summed E-state index contributed by atoms with van der Waals surface area (Å²) in [4.78, 5) is 15.9. The van der Waals surface area contributed by atoms with E-state index >= 15 is 0 Å². The Bertz CT molecular complexity index is 553. The van der Waals surface area contributed by atoms with Crippen molar-refractivity contribution in [3.8, 4) is 0 Å². The van der Waals surface area contributed by atoms with E-state index in [1.165, 1.54) is 0 Å². The van der Waals surface area contributed by atoms with Crippen LogP contribution in [0.1, 0.15) is 23.2 Å². The minimum atomic E-state index is -4.60. The molecule has 1 amide bonds. The van der Waals surface area contributed by atoms with Gasteiger partial charge in [0.25, 0.3) is 5.91 Å². The summed E-state index contributed by atoms with van der Waals surface area (Å²) in [5.74, 6) is -1.03. The van der Waals surface area contributed by atoms with Gasteiger partial charge in [-0.15, -0.1) is 0 Å². The van der Waals surface area contributed by atoms with E-state index in [1.54, 1.807) is 23.1 Å². The first kappa shape index (κ1) is 17.6. The van der Waals surface area contributed by atoms with E-state index in [9.17, 15) is 23.1 Å². The van der Waals surface area contributed by atoms with Gasteiger partial charge in [-0.2, -0.15) is 13.2 Å². The smallest absolute Gasteiger partial charge is 0.383 e. The molecule has 0 aliphatic carbocycles. The number of aliphatic hydroxyl groups is 1. The fourth-order valence-corrected chi connectivity index (χ4v) is 2.79. The van der Waals surface area contributed by atoms with E-state index in [1.807, 2.05) is 25.1 Å². The lowest BCUT2D eigenvalue weighted by atomic mass is 9.90. The third kappa shape index (κ3) is 4.16. The number of carbonyl (C=O) groups is 1. The van der Waals surface area contributed by atoms with Crippen molar-refractivity contribution >= 4 is 11.6 Å². The predicted octanol–water partition coefficient (Wildman–Crippen LogP) is 2.53. The Morgan fingerprint density at radius 3 is 2.43 bits per heavy atom. The van der Waals surface area contributed by atoms with Gasteiger partial charge in [0.2, 0.25) is 0 Å². The molecule has 1 N–H and O–H groups in total. The fourth-order valence-electron chi connectivity index (χ4n) is 2.79. The van der Waals surface area contributed by atoms with E-state index in [0.717, 1.165) is 5.69 Å². The molecule has 0 spiro atoms. The number of piperidine rings is 1. The zero-order valence-electron chi connectivity index (χ0n) is 13.2. The van der Waals surface area contributed by atoms with Gasteiger partial charge >= 0.3 is 6.18 Å². The fraction of sp³-hybridized carbons (Fsp3) is 0.562. The Morgan fingerprint density at radius 1 is 1.30 bits per heavy atom. The summed E-state index contributed by atoms with van der Waals surface area (Å²) in [7, 11) is 3.74. The van der Waals surface area contributed by atoms with Crippen LogP contribution in [0.15, 0.2) is 24.3 Å². The van der Waals surface area contributed by atoms with Crippen molar-refractivity contribution < 1.29 is 23.1 Å². The van der Waals surface area contributed by atoms with Gasteiger partial charge in [0.05, 0.1) is 0 Å². The van der Waals surface area contributed by atoms with Crippen molar-refractivity contribution in [2.75, 3.05) is 32.1 Å². The van der Waals surface area contributed by atoms with E-state index in [4.69, 9.17) is 0 Å². The SMILES string of the molecule is CN(C)c1cccc(C(=O)N2CCC(C(O)C(F)(F)F)CC2)c1. The van der Waals surface area contributed by atoms with Crippen LogP contribution in [0.4, 0.5) is 18.9 Å². The molecule has 1 unspecified atom stereocenters. The van der Waals surface area contributed by atoms with Crippen LogP contribution in [0.2, 0.25) is 0 Å². The molecule has 1 aromatic carbocycles. The molecular formula is C16H21F3N2O2. The van der Waals surface area contributed by atoms with Gasteiger partial charge in [0.15, 0.2) is 6.10 Å².